The molecule has 0 radical (unpaired) electrons. The third kappa shape index (κ3) is 12.0. The van der Waals surface area contributed by atoms with Crippen molar-refractivity contribution in [2.75, 3.05) is 63.3 Å². The summed E-state index contributed by atoms with van der Waals surface area (Å²) in [6.07, 6.45) is 7.32. The first kappa shape index (κ1) is 50.0. The molecule has 2 N–H and O–H groups in total. The molecule has 5 heterocycles. The van der Waals surface area contributed by atoms with Gasteiger partial charge < -0.3 is 51.2 Å². The Balaban J connectivity index is 0.00000370. The molecule has 20 heteroatoms. The van der Waals surface area contributed by atoms with Gasteiger partial charge in [0.1, 0.15) is 75.8 Å². The molecule has 0 saturated carbocycles. The molecule has 67 heavy (non-hydrogen) atoms. The van der Waals surface area contributed by atoms with Crippen LogP contribution in [-0.2, 0) is 44.4 Å². The summed E-state index contributed by atoms with van der Waals surface area (Å²) in [6, 6.07) is 23.0. The van der Waals surface area contributed by atoms with E-state index >= 15 is 0 Å². The van der Waals surface area contributed by atoms with Crippen molar-refractivity contribution in [1.29, 1.82) is 0 Å². The van der Waals surface area contributed by atoms with E-state index < -0.39 is 35.0 Å². The second-order valence-electron chi connectivity index (χ2n) is 17.6. The highest BCUT2D eigenvalue weighted by molar-refractivity contribution is 5.69. The van der Waals surface area contributed by atoms with Crippen LogP contribution in [0.3, 0.4) is 0 Å². The molecule has 3 atom stereocenters. The monoisotopic (exact) mass is 946 g/mol. The van der Waals surface area contributed by atoms with Gasteiger partial charge in [0.15, 0.2) is 0 Å². The number of halogens is 3. The van der Waals surface area contributed by atoms with E-state index in [4.69, 9.17) is 18.9 Å². The summed E-state index contributed by atoms with van der Waals surface area (Å²) in [5.41, 5.74) is 2.12. The van der Waals surface area contributed by atoms with Crippen LogP contribution >= 0.6 is 0 Å². The highest BCUT2D eigenvalue weighted by Gasteiger charge is 2.46. The second-order valence-corrected chi connectivity index (χ2v) is 17.6. The Kier molecular flexibility index (Phi) is 16.0. The Bertz CT molecular complexity index is 2670. The Morgan fingerprint density at radius 2 is 1.54 bits per heavy atom. The number of benzene rings is 3. The molecule has 0 amide bonds. The molecule has 3 unspecified atom stereocenters. The first-order valence-corrected chi connectivity index (χ1v) is 21.7. The largest absolute Gasteiger partial charge is 1.00 e. The summed E-state index contributed by atoms with van der Waals surface area (Å²) in [4.78, 5) is 35.1. The maximum Gasteiger partial charge on any atom is 0.350 e. The second kappa shape index (κ2) is 21.5. The molecule has 0 spiro atoms. The number of nitrogens with zero attached hydrogens (tertiary/aromatic N) is 10. The minimum Gasteiger partial charge on any atom is -1.00 e. The van der Waals surface area contributed by atoms with E-state index in [0.717, 1.165) is 49.0 Å². The Morgan fingerprint density at radius 1 is 0.896 bits per heavy atom. The number of piperazine rings is 1. The zero-order valence-corrected chi connectivity index (χ0v) is 38.9. The average Bonchev–Trinajstić information content (AvgIpc) is 4.06. The molecule has 17 nitrogen and oxygen atoms in total. The molecule has 0 bridgehead atoms. The fraction of sp³-hybridized carbons (Fsp3) is 0.404. The van der Waals surface area contributed by atoms with Crippen molar-refractivity contribution >= 4 is 17.3 Å². The molecule has 2 fully saturated rings. The van der Waals surface area contributed by atoms with Crippen LogP contribution in [0.4, 0.5) is 20.2 Å². The number of carbonyl (C=O) groups excluding carboxylic acids is 1. The van der Waals surface area contributed by atoms with E-state index in [1.807, 2.05) is 117 Å². The van der Waals surface area contributed by atoms with Crippen molar-refractivity contribution in [2.24, 2.45) is 5.41 Å². The number of ether oxygens (including phenoxy) is 4. The van der Waals surface area contributed by atoms with E-state index in [-0.39, 0.29) is 67.8 Å². The van der Waals surface area contributed by atoms with Gasteiger partial charge in [-0.25, -0.2) is 37.1 Å². The van der Waals surface area contributed by atoms with E-state index in [1.54, 1.807) is 0 Å². The molecule has 8 rings (SSSR count). The third-order valence-electron chi connectivity index (χ3n) is 11.7. The topological polar surface area (TPSA) is 170 Å². The maximum absolute atomic E-state index is 15.0. The minimum atomic E-state index is -1.53. The van der Waals surface area contributed by atoms with Crippen LogP contribution in [0.25, 0.3) is 5.69 Å². The Hall–Kier alpha value is -6.41. The summed E-state index contributed by atoms with van der Waals surface area (Å²) in [7, 11) is 3.96. The number of carbonyl (C=O) groups is 1. The van der Waals surface area contributed by atoms with E-state index in [2.05, 4.69) is 25.0 Å². The van der Waals surface area contributed by atoms with Crippen LogP contribution in [0.2, 0.25) is 0 Å². The third-order valence-corrected chi connectivity index (χ3v) is 11.7. The van der Waals surface area contributed by atoms with Gasteiger partial charge in [-0.1, -0.05) is 20.8 Å². The summed E-state index contributed by atoms with van der Waals surface area (Å²) in [6.45, 7) is 10.1. The smallest absolute Gasteiger partial charge is 0.350 e. The van der Waals surface area contributed by atoms with Crippen LogP contribution in [0.5, 0.6) is 5.75 Å². The summed E-state index contributed by atoms with van der Waals surface area (Å²) >= 11 is 0. The highest BCUT2D eigenvalue weighted by atomic mass is 35.5. The lowest BCUT2D eigenvalue weighted by Crippen LogP contribution is -3.00. The number of aromatic nitrogens is 7. The molecule has 6 aromatic rings. The quantitative estimate of drug-likeness (QED) is 0.105. The number of esters is 1. The molecule has 2 aliphatic heterocycles. The molecule has 3 aromatic heterocycles. The number of hydrogen-bond acceptors (Lipinski definition) is 11. The molecular formula is C47H57ClF2N10O7. The van der Waals surface area contributed by atoms with Crippen LogP contribution in [0, 0.1) is 17.0 Å². The van der Waals surface area contributed by atoms with Crippen molar-refractivity contribution in [3.8, 4) is 11.4 Å². The predicted molar refractivity (Wildman–Crippen MR) is 242 cm³/mol. The zero-order chi connectivity index (χ0) is 45.7. The molecule has 358 valence electrons. The molecule has 3 aromatic carbocycles. The van der Waals surface area contributed by atoms with Gasteiger partial charge in [0, 0.05) is 85.7 Å². The number of aryl methyl sites for hydroxylation is 1. The number of hydrogen-bond donors (Lipinski definition) is 0. The van der Waals surface area contributed by atoms with E-state index in [9.17, 15) is 18.4 Å². The van der Waals surface area contributed by atoms with Crippen molar-refractivity contribution in [1.82, 2.24) is 38.3 Å². The number of pyridine rings is 1. The van der Waals surface area contributed by atoms with Gasteiger partial charge in [-0.3, -0.25) is 4.79 Å². The average molecular weight is 947 g/mol. The lowest BCUT2D eigenvalue weighted by molar-refractivity contribution is -0.192. The fourth-order valence-corrected chi connectivity index (χ4v) is 7.89. The van der Waals surface area contributed by atoms with Crippen molar-refractivity contribution < 1.29 is 50.4 Å². The summed E-state index contributed by atoms with van der Waals surface area (Å²) < 4.78 is 61.4. The standard InChI is InChI=1S/C47H55F2N10O6.ClH.H2O/c1-46(2,3)43(64-44(60)18-21-54-19-16-35(17-20-54)53(4)5)27-59-45(61)58(33-52-59)38-9-7-36(8-10-38)55-22-24-56(25-23-55)37-11-13-39(14-12-37)62-28-40-29-63-47(65-40,30-57-32-50-31-51-57)41-15-6-34(48)26-42(41)49;;/h6-17,19-20,26,31-33,40,43H,18,21-25,27-30H2,1-5H3;1H;1H2/q+1;;/p-1. The Labute approximate surface area is 393 Å². The molecular weight excluding hydrogens is 890 g/mol. The van der Waals surface area contributed by atoms with Crippen LogP contribution in [-0.4, -0.2) is 111 Å². The lowest BCUT2D eigenvalue weighted by Gasteiger charge is -2.37. The first-order chi connectivity index (χ1) is 31.2. The van der Waals surface area contributed by atoms with E-state index in [1.165, 1.54) is 45.0 Å². The van der Waals surface area contributed by atoms with Crippen LogP contribution in [0.1, 0.15) is 32.8 Å². The van der Waals surface area contributed by atoms with Gasteiger partial charge in [-0.2, -0.15) is 10.2 Å². The van der Waals surface area contributed by atoms with Crippen molar-refractivity contribution in [3.63, 3.8) is 0 Å². The molecule has 0 aliphatic carbocycles. The van der Waals surface area contributed by atoms with Gasteiger partial charge in [0.05, 0.1) is 25.3 Å². The summed E-state index contributed by atoms with van der Waals surface area (Å²) in [5, 5.41) is 9.58. The van der Waals surface area contributed by atoms with Crippen LogP contribution in [0.15, 0.2) is 115 Å². The predicted octanol–water partition coefficient (Wildman–Crippen LogP) is 0.639. The highest BCUT2D eigenvalue weighted by Crippen LogP contribution is 2.38. The van der Waals surface area contributed by atoms with Gasteiger partial charge in [-0.05, 0) is 60.7 Å². The lowest BCUT2D eigenvalue weighted by atomic mass is 9.89. The SMILES string of the molecule is C[N+](C)=c1ccn(CCC(=O)OC(Cn2ncn(-c3ccc(N4CCN(c5ccc(OCC6COC(Cn7cncn7)(c7ccc(F)cc7F)O6)cc5)CC4)cc3)c2=O)C(C)(C)C)cc1.O.[Cl-]. The van der Waals surface area contributed by atoms with Gasteiger partial charge >= 0.3 is 11.7 Å². The zero-order valence-electron chi connectivity index (χ0n) is 38.2. The van der Waals surface area contributed by atoms with E-state index in [0.29, 0.717) is 18.0 Å². The van der Waals surface area contributed by atoms with Crippen molar-refractivity contribution in [2.45, 2.75) is 64.8 Å². The molecule has 2 saturated heterocycles. The normalized spacial score (nSPS) is 17.6. The van der Waals surface area contributed by atoms with Gasteiger partial charge in [0.25, 0.3) is 0 Å². The van der Waals surface area contributed by atoms with Crippen molar-refractivity contribution in [3.05, 3.63) is 143 Å². The fourth-order valence-electron chi connectivity index (χ4n) is 7.89. The first-order valence-electron chi connectivity index (χ1n) is 21.7. The maximum atomic E-state index is 15.0. The number of anilines is 2. The number of rotatable bonds is 15. The summed E-state index contributed by atoms with van der Waals surface area (Å²) in [5.74, 6) is -2.70. The molecule has 2 aliphatic rings. The Morgan fingerprint density at radius 3 is 2.13 bits per heavy atom. The van der Waals surface area contributed by atoms with Gasteiger partial charge in [0.2, 0.25) is 11.1 Å². The van der Waals surface area contributed by atoms with Crippen LogP contribution < -0.4 is 42.6 Å². The minimum absolute atomic E-state index is 0. The van der Waals surface area contributed by atoms with Gasteiger partial charge in [-0.15, -0.1) is 0 Å².